The van der Waals surface area contributed by atoms with Crippen LogP contribution in [0.2, 0.25) is 5.02 Å². The second-order valence-corrected chi connectivity index (χ2v) is 10.7. The number of benzene rings is 2. The standard InChI is InChI=1S/C28H29ClF5N5O2.ClH/c29-19-5-8-22(18-3-6-20(7-4-18)37-12-10-36(11-13-37)17-25(30)31)24(14-19)38-9-1-2-21(16-38)39-26(28(32,33)34)23(15-35-39)27(40)41;/h3-8,14-15,21,25H,1-2,9-13,16-17H2,(H,40,41);1H. The van der Waals surface area contributed by atoms with Crippen molar-refractivity contribution in [2.75, 3.05) is 55.6 Å². The van der Waals surface area contributed by atoms with E-state index in [1.165, 1.54) is 0 Å². The van der Waals surface area contributed by atoms with Crippen LogP contribution < -0.4 is 9.80 Å². The van der Waals surface area contributed by atoms with Crippen LogP contribution in [0.4, 0.5) is 33.3 Å². The third kappa shape index (κ3) is 6.92. The number of alkyl halides is 5. The number of carbonyl (C=O) groups is 1. The Bertz CT molecular complexity index is 1380. The van der Waals surface area contributed by atoms with Crippen molar-refractivity contribution >= 4 is 41.4 Å². The number of nitrogens with zero attached hydrogens (tertiary/aromatic N) is 5. The highest BCUT2D eigenvalue weighted by molar-refractivity contribution is 6.31. The molecule has 0 bridgehead atoms. The van der Waals surface area contributed by atoms with Crippen LogP contribution in [0.15, 0.2) is 48.7 Å². The van der Waals surface area contributed by atoms with Gasteiger partial charge < -0.3 is 14.9 Å². The van der Waals surface area contributed by atoms with Crippen molar-refractivity contribution < 1.29 is 31.9 Å². The third-order valence-electron chi connectivity index (χ3n) is 7.65. The molecule has 2 aliphatic rings. The highest BCUT2D eigenvalue weighted by atomic mass is 35.5. The molecule has 228 valence electrons. The molecule has 0 spiro atoms. The van der Waals surface area contributed by atoms with Gasteiger partial charge in [-0.05, 0) is 42.7 Å². The van der Waals surface area contributed by atoms with E-state index in [2.05, 4.69) is 10.00 Å². The van der Waals surface area contributed by atoms with Crippen molar-refractivity contribution in [2.24, 2.45) is 0 Å². The van der Waals surface area contributed by atoms with Gasteiger partial charge in [0.05, 0.1) is 18.8 Å². The second-order valence-electron chi connectivity index (χ2n) is 10.3. The Balaban J connectivity index is 0.00000405. The number of halogens is 7. The third-order valence-corrected chi connectivity index (χ3v) is 7.88. The average molecular weight is 634 g/mol. The smallest absolute Gasteiger partial charge is 0.433 e. The van der Waals surface area contributed by atoms with Gasteiger partial charge in [0.2, 0.25) is 0 Å². The van der Waals surface area contributed by atoms with E-state index in [9.17, 15) is 31.9 Å². The van der Waals surface area contributed by atoms with Crippen molar-refractivity contribution in [1.29, 1.82) is 0 Å². The van der Waals surface area contributed by atoms with Crippen molar-refractivity contribution in [2.45, 2.75) is 31.5 Å². The van der Waals surface area contributed by atoms with E-state index in [-0.39, 0.29) is 25.5 Å². The molecule has 1 unspecified atom stereocenters. The van der Waals surface area contributed by atoms with E-state index < -0.39 is 35.9 Å². The minimum Gasteiger partial charge on any atom is -0.478 e. The largest absolute Gasteiger partial charge is 0.478 e. The van der Waals surface area contributed by atoms with Crippen molar-refractivity contribution in [3.05, 3.63) is 64.9 Å². The normalized spacial score (nSPS) is 18.3. The van der Waals surface area contributed by atoms with E-state index >= 15 is 0 Å². The number of rotatable bonds is 7. The molecule has 1 atom stereocenters. The molecule has 0 saturated carbocycles. The molecule has 1 aromatic heterocycles. The number of aromatic nitrogens is 2. The number of piperidine rings is 1. The first-order valence-corrected chi connectivity index (χ1v) is 13.7. The Kier molecular flexibility index (Phi) is 9.89. The minimum atomic E-state index is -4.87. The lowest BCUT2D eigenvalue weighted by Crippen LogP contribution is -2.47. The molecular formula is C28H30Cl2F5N5O2. The van der Waals surface area contributed by atoms with Gasteiger partial charge in [0.25, 0.3) is 6.43 Å². The Hall–Kier alpha value is -3.09. The van der Waals surface area contributed by atoms with Gasteiger partial charge in [0, 0.05) is 61.2 Å². The zero-order valence-corrected chi connectivity index (χ0v) is 24.0. The molecule has 0 aliphatic carbocycles. The molecule has 2 aromatic carbocycles. The lowest BCUT2D eigenvalue weighted by Gasteiger charge is -2.37. The predicted octanol–water partition coefficient (Wildman–Crippen LogP) is 6.57. The first kappa shape index (κ1) is 31.8. The van der Waals surface area contributed by atoms with Gasteiger partial charge in [-0.25, -0.2) is 13.6 Å². The molecule has 1 N–H and O–H groups in total. The zero-order chi connectivity index (χ0) is 29.3. The molecule has 7 nitrogen and oxygen atoms in total. The maximum atomic E-state index is 13.9. The van der Waals surface area contributed by atoms with Gasteiger partial charge in [-0.2, -0.15) is 18.3 Å². The molecule has 42 heavy (non-hydrogen) atoms. The number of piperazine rings is 1. The second kappa shape index (κ2) is 13.0. The topological polar surface area (TPSA) is 64.8 Å². The summed E-state index contributed by atoms with van der Waals surface area (Å²) in [5.74, 6) is -1.67. The fraction of sp³-hybridized carbons (Fsp3) is 0.429. The van der Waals surface area contributed by atoms with Crippen molar-refractivity contribution in [3.8, 4) is 11.1 Å². The Morgan fingerprint density at radius 3 is 2.33 bits per heavy atom. The molecule has 3 heterocycles. The highest BCUT2D eigenvalue weighted by Crippen LogP contribution is 2.39. The molecule has 2 saturated heterocycles. The molecule has 5 rings (SSSR count). The first-order valence-electron chi connectivity index (χ1n) is 13.3. The van der Waals surface area contributed by atoms with Gasteiger partial charge in [0.15, 0.2) is 5.69 Å². The number of carboxylic acid groups (broad SMARTS) is 1. The molecule has 14 heteroatoms. The fourth-order valence-electron chi connectivity index (χ4n) is 5.70. The van der Waals surface area contributed by atoms with Gasteiger partial charge in [0.1, 0.15) is 5.56 Å². The van der Waals surface area contributed by atoms with Gasteiger partial charge in [-0.1, -0.05) is 29.8 Å². The van der Waals surface area contributed by atoms with Crippen LogP contribution in [-0.2, 0) is 6.18 Å². The van der Waals surface area contributed by atoms with Crippen LogP contribution in [0.3, 0.4) is 0 Å². The van der Waals surface area contributed by atoms with Crippen LogP contribution in [0.5, 0.6) is 0 Å². The molecule has 0 amide bonds. The molecular weight excluding hydrogens is 604 g/mol. The maximum absolute atomic E-state index is 13.9. The molecule has 2 fully saturated rings. The quantitative estimate of drug-likeness (QED) is 0.297. The predicted molar refractivity (Wildman–Crippen MR) is 153 cm³/mol. The summed E-state index contributed by atoms with van der Waals surface area (Å²) in [5.41, 5.74) is 1.36. The summed E-state index contributed by atoms with van der Waals surface area (Å²) < 4.78 is 67.8. The number of aromatic carboxylic acids is 1. The summed E-state index contributed by atoms with van der Waals surface area (Å²) in [4.78, 5) is 17.3. The summed E-state index contributed by atoms with van der Waals surface area (Å²) in [6.45, 7) is 2.96. The van der Waals surface area contributed by atoms with Crippen LogP contribution in [0, 0.1) is 0 Å². The van der Waals surface area contributed by atoms with Crippen LogP contribution >= 0.6 is 24.0 Å². The first-order chi connectivity index (χ1) is 19.5. The average Bonchev–Trinajstić information content (AvgIpc) is 3.40. The van der Waals surface area contributed by atoms with Gasteiger partial charge >= 0.3 is 12.1 Å². The Morgan fingerprint density at radius 2 is 1.71 bits per heavy atom. The fourth-order valence-corrected chi connectivity index (χ4v) is 5.86. The SMILES string of the molecule is Cl.O=C(O)c1cnn(C2CCCN(c3cc(Cl)ccc3-c3ccc(N4CCN(CC(F)F)CC4)cc3)C2)c1C(F)(F)F. The zero-order valence-electron chi connectivity index (χ0n) is 22.4. The molecule has 2 aliphatic heterocycles. The van der Waals surface area contributed by atoms with Gasteiger partial charge in [-0.3, -0.25) is 9.58 Å². The molecule has 3 aromatic rings. The van der Waals surface area contributed by atoms with Crippen molar-refractivity contribution in [3.63, 3.8) is 0 Å². The summed E-state index contributed by atoms with van der Waals surface area (Å²) in [6.07, 6.45) is -5.47. The van der Waals surface area contributed by atoms with E-state index in [0.717, 1.165) is 33.4 Å². The number of carboxylic acids is 1. The summed E-state index contributed by atoms with van der Waals surface area (Å²) >= 11 is 6.35. The van der Waals surface area contributed by atoms with Crippen LogP contribution in [0.1, 0.15) is 34.9 Å². The Labute approximate surface area is 250 Å². The monoisotopic (exact) mass is 633 g/mol. The van der Waals surface area contributed by atoms with Gasteiger partial charge in [-0.15, -0.1) is 12.4 Å². The van der Waals surface area contributed by atoms with Crippen LogP contribution in [-0.4, -0.2) is 78.0 Å². The van der Waals surface area contributed by atoms with E-state index in [0.29, 0.717) is 50.6 Å². The van der Waals surface area contributed by atoms with E-state index in [1.807, 2.05) is 35.2 Å². The van der Waals surface area contributed by atoms with E-state index in [1.54, 1.807) is 17.0 Å². The Morgan fingerprint density at radius 1 is 1.02 bits per heavy atom. The number of hydrogen-bond donors (Lipinski definition) is 1. The molecule has 0 radical (unpaired) electrons. The summed E-state index contributed by atoms with van der Waals surface area (Å²) in [6, 6.07) is 12.6. The summed E-state index contributed by atoms with van der Waals surface area (Å²) in [7, 11) is 0. The van der Waals surface area contributed by atoms with Crippen LogP contribution in [0.25, 0.3) is 11.1 Å². The maximum Gasteiger partial charge on any atom is 0.433 e. The van der Waals surface area contributed by atoms with Crippen molar-refractivity contribution in [1.82, 2.24) is 14.7 Å². The number of anilines is 2. The summed E-state index contributed by atoms with van der Waals surface area (Å²) in [5, 5.41) is 13.6. The highest BCUT2D eigenvalue weighted by Gasteiger charge is 2.42. The lowest BCUT2D eigenvalue weighted by molar-refractivity contribution is -0.145. The minimum absolute atomic E-state index is 0. The van der Waals surface area contributed by atoms with E-state index in [4.69, 9.17) is 11.6 Å². The number of hydrogen-bond acceptors (Lipinski definition) is 5. The lowest BCUT2D eigenvalue weighted by atomic mass is 9.99.